The maximum Gasteiger partial charge on any atom is 0.230 e. The highest BCUT2D eigenvalue weighted by Crippen LogP contribution is 2.30. The normalized spacial score (nSPS) is 18.1. The van der Waals surface area contributed by atoms with Gasteiger partial charge in [-0.1, -0.05) is 48.0 Å². The first kappa shape index (κ1) is 12.8. The minimum Gasteiger partial charge on any atom is -0.293 e. The van der Waals surface area contributed by atoms with Crippen LogP contribution in [0.5, 0.6) is 0 Å². The predicted octanol–water partition coefficient (Wildman–Crippen LogP) is 3.07. The molecule has 0 spiro atoms. The summed E-state index contributed by atoms with van der Waals surface area (Å²) in [5.74, 6) is -2.70. The SMILES string of the molecule is O=C1C(=O)C(c2ccc(Cl)cc2)C(=O)c2ccccc21. The molecule has 1 aliphatic rings. The van der Waals surface area contributed by atoms with E-state index in [4.69, 9.17) is 11.6 Å². The van der Waals surface area contributed by atoms with Gasteiger partial charge in [0.05, 0.1) is 0 Å². The van der Waals surface area contributed by atoms with Crippen LogP contribution in [0.2, 0.25) is 5.02 Å². The molecule has 2 aromatic carbocycles. The molecule has 2 aromatic rings. The van der Waals surface area contributed by atoms with E-state index in [1.54, 1.807) is 42.5 Å². The quantitative estimate of drug-likeness (QED) is 0.597. The van der Waals surface area contributed by atoms with E-state index in [0.717, 1.165) is 0 Å². The Kier molecular flexibility index (Phi) is 2.99. The Morgan fingerprint density at radius 1 is 0.750 bits per heavy atom. The standard InChI is InChI=1S/C16H9ClO3/c17-10-7-5-9(6-8-10)13-14(18)11-3-1-2-4-12(11)15(19)16(13)20/h1-8,13H. The molecule has 0 heterocycles. The Bertz CT molecular complexity index is 732. The van der Waals surface area contributed by atoms with E-state index < -0.39 is 17.5 Å². The number of fused-ring (bicyclic) bond motifs is 1. The fourth-order valence-corrected chi connectivity index (χ4v) is 2.52. The van der Waals surface area contributed by atoms with E-state index in [9.17, 15) is 14.4 Å². The van der Waals surface area contributed by atoms with Crippen molar-refractivity contribution < 1.29 is 14.4 Å². The minimum absolute atomic E-state index is 0.188. The van der Waals surface area contributed by atoms with Crippen molar-refractivity contribution >= 4 is 29.0 Å². The highest BCUT2D eigenvalue weighted by atomic mass is 35.5. The number of halogens is 1. The van der Waals surface area contributed by atoms with Gasteiger partial charge in [0.1, 0.15) is 5.92 Å². The largest absolute Gasteiger partial charge is 0.293 e. The second-order valence-corrected chi connectivity index (χ2v) is 5.02. The number of hydrogen-bond donors (Lipinski definition) is 0. The summed E-state index contributed by atoms with van der Waals surface area (Å²) in [5, 5.41) is 0.510. The van der Waals surface area contributed by atoms with Crippen molar-refractivity contribution in [3.63, 3.8) is 0 Å². The number of ketones is 3. The summed E-state index contributed by atoms with van der Waals surface area (Å²) in [6.45, 7) is 0. The van der Waals surface area contributed by atoms with Gasteiger partial charge < -0.3 is 0 Å². The highest BCUT2D eigenvalue weighted by molar-refractivity contribution is 6.53. The van der Waals surface area contributed by atoms with Gasteiger partial charge in [0, 0.05) is 16.1 Å². The molecule has 3 rings (SSSR count). The molecule has 20 heavy (non-hydrogen) atoms. The van der Waals surface area contributed by atoms with Crippen LogP contribution in [0.15, 0.2) is 48.5 Å². The van der Waals surface area contributed by atoms with Crippen LogP contribution in [0, 0.1) is 0 Å². The highest BCUT2D eigenvalue weighted by Gasteiger charge is 2.40. The lowest BCUT2D eigenvalue weighted by atomic mass is 9.77. The lowest BCUT2D eigenvalue weighted by Gasteiger charge is -2.21. The summed E-state index contributed by atoms with van der Waals surface area (Å²) < 4.78 is 0. The molecule has 4 heteroatoms. The van der Waals surface area contributed by atoms with Crippen molar-refractivity contribution in [3.8, 4) is 0 Å². The first-order valence-electron chi connectivity index (χ1n) is 6.07. The first-order chi connectivity index (χ1) is 9.59. The molecule has 0 bridgehead atoms. The molecule has 1 aliphatic carbocycles. The Hall–Kier alpha value is -2.26. The lowest BCUT2D eigenvalue weighted by Crippen LogP contribution is -2.35. The van der Waals surface area contributed by atoms with E-state index >= 15 is 0 Å². The zero-order chi connectivity index (χ0) is 14.3. The molecular formula is C16H9ClO3. The summed E-state index contributed by atoms with van der Waals surface area (Å²) in [6.07, 6.45) is 0. The molecule has 0 amide bonds. The Morgan fingerprint density at radius 3 is 2.00 bits per heavy atom. The molecule has 1 unspecified atom stereocenters. The first-order valence-corrected chi connectivity index (χ1v) is 6.44. The smallest absolute Gasteiger partial charge is 0.230 e. The summed E-state index contributed by atoms with van der Waals surface area (Å²) in [7, 11) is 0. The molecule has 0 saturated carbocycles. The van der Waals surface area contributed by atoms with Crippen molar-refractivity contribution in [2.24, 2.45) is 0 Å². The Balaban J connectivity index is 2.14. The zero-order valence-corrected chi connectivity index (χ0v) is 11.1. The van der Waals surface area contributed by atoms with Gasteiger partial charge in [0.15, 0.2) is 5.78 Å². The van der Waals surface area contributed by atoms with Crippen LogP contribution in [0.1, 0.15) is 32.2 Å². The van der Waals surface area contributed by atoms with Gasteiger partial charge in [0.2, 0.25) is 11.6 Å². The van der Waals surface area contributed by atoms with Gasteiger partial charge in [-0.2, -0.15) is 0 Å². The second kappa shape index (κ2) is 4.69. The molecule has 0 N–H and O–H groups in total. The molecule has 3 nitrogen and oxygen atoms in total. The summed E-state index contributed by atoms with van der Waals surface area (Å²) in [5.41, 5.74) is 0.983. The van der Waals surface area contributed by atoms with Crippen LogP contribution >= 0.6 is 11.6 Å². The molecule has 0 radical (unpaired) electrons. The van der Waals surface area contributed by atoms with Crippen LogP contribution < -0.4 is 0 Å². The van der Waals surface area contributed by atoms with Crippen molar-refractivity contribution in [2.45, 2.75) is 5.92 Å². The average Bonchev–Trinajstić information content (AvgIpc) is 2.47. The van der Waals surface area contributed by atoms with Crippen LogP contribution in [0.3, 0.4) is 0 Å². The van der Waals surface area contributed by atoms with E-state index in [0.29, 0.717) is 16.1 Å². The molecule has 1 atom stereocenters. The lowest BCUT2D eigenvalue weighted by molar-refractivity contribution is -0.115. The van der Waals surface area contributed by atoms with E-state index in [2.05, 4.69) is 0 Å². The number of carbonyl (C=O) groups is 3. The summed E-state index contributed by atoms with van der Waals surface area (Å²) in [6, 6.07) is 12.8. The van der Waals surface area contributed by atoms with Crippen LogP contribution in [0.25, 0.3) is 0 Å². The fraction of sp³-hybridized carbons (Fsp3) is 0.0625. The molecule has 98 valence electrons. The number of rotatable bonds is 1. The third-order valence-corrected chi connectivity index (χ3v) is 3.64. The van der Waals surface area contributed by atoms with Crippen LogP contribution in [-0.2, 0) is 4.79 Å². The average molecular weight is 285 g/mol. The fourth-order valence-electron chi connectivity index (χ4n) is 2.39. The van der Waals surface area contributed by atoms with E-state index in [1.807, 2.05) is 0 Å². The predicted molar refractivity (Wildman–Crippen MR) is 74.3 cm³/mol. The van der Waals surface area contributed by atoms with Crippen molar-refractivity contribution in [2.75, 3.05) is 0 Å². The number of benzene rings is 2. The molecule has 0 aromatic heterocycles. The summed E-state index contributed by atoms with van der Waals surface area (Å²) >= 11 is 5.80. The Morgan fingerprint density at radius 2 is 1.35 bits per heavy atom. The van der Waals surface area contributed by atoms with Crippen LogP contribution in [-0.4, -0.2) is 17.3 Å². The van der Waals surface area contributed by atoms with Gasteiger partial charge >= 0.3 is 0 Å². The maximum absolute atomic E-state index is 12.5. The third kappa shape index (κ3) is 1.87. The monoisotopic (exact) mass is 284 g/mol. The van der Waals surface area contributed by atoms with Crippen molar-refractivity contribution in [1.29, 1.82) is 0 Å². The molecular weight excluding hydrogens is 276 g/mol. The van der Waals surface area contributed by atoms with Crippen molar-refractivity contribution in [1.82, 2.24) is 0 Å². The Labute approximate surface area is 120 Å². The second-order valence-electron chi connectivity index (χ2n) is 4.59. The minimum atomic E-state index is -1.06. The van der Waals surface area contributed by atoms with Crippen molar-refractivity contribution in [3.05, 3.63) is 70.2 Å². The van der Waals surface area contributed by atoms with Gasteiger partial charge in [-0.25, -0.2) is 0 Å². The number of hydrogen-bond acceptors (Lipinski definition) is 3. The van der Waals surface area contributed by atoms with Gasteiger partial charge in [-0.05, 0) is 17.7 Å². The van der Waals surface area contributed by atoms with Gasteiger partial charge in [0.25, 0.3) is 0 Å². The molecule has 0 saturated heterocycles. The molecule has 0 fully saturated rings. The third-order valence-electron chi connectivity index (χ3n) is 3.39. The number of Topliss-reactive ketones (excluding diaryl/α,β-unsaturated/α-hetero) is 3. The van der Waals surface area contributed by atoms with Gasteiger partial charge in [-0.15, -0.1) is 0 Å². The van der Waals surface area contributed by atoms with Gasteiger partial charge in [-0.3, -0.25) is 14.4 Å². The topological polar surface area (TPSA) is 51.2 Å². The van der Waals surface area contributed by atoms with E-state index in [1.165, 1.54) is 6.07 Å². The van der Waals surface area contributed by atoms with E-state index in [-0.39, 0.29) is 11.3 Å². The summed E-state index contributed by atoms with van der Waals surface area (Å²) in [4.78, 5) is 36.7. The maximum atomic E-state index is 12.5. The number of carbonyl (C=O) groups excluding carboxylic acids is 3. The molecule has 0 aliphatic heterocycles. The van der Waals surface area contributed by atoms with Crippen LogP contribution in [0.4, 0.5) is 0 Å². The zero-order valence-electron chi connectivity index (χ0n) is 10.3.